The van der Waals surface area contributed by atoms with Gasteiger partial charge in [0.05, 0.1) is 13.2 Å². The molecular weight excluding hydrogens is 296 g/mol. The van der Waals surface area contributed by atoms with E-state index in [0.29, 0.717) is 26.2 Å². The van der Waals surface area contributed by atoms with E-state index in [1.165, 1.54) is 5.56 Å². The fraction of sp³-hybridized carbons (Fsp3) is 0.353. The first kappa shape index (κ1) is 15.1. The molecule has 2 aromatic rings. The van der Waals surface area contributed by atoms with E-state index in [2.05, 4.69) is 22.1 Å². The van der Waals surface area contributed by atoms with Crippen LogP contribution in [0.25, 0.3) is 0 Å². The number of thiophene rings is 1. The molecular formula is C17H20N2O2S. The van der Waals surface area contributed by atoms with Crippen LogP contribution in [0.15, 0.2) is 47.2 Å². The number of carbonyl (C=O) groups is 1. The number of nitrogens with zero attached hydrogens (tertiary/aromatic N) is 1. The number of benzene rings is 1. The van der Waals surface area contributed by atoms with Crippen LogP contribution in [-0.4, -0.2) is 37.2 Å². The maximum atomic E-state index is 12.3. The zero-order valence-corrected chi connectivity index (χ0v) is 13.2. The van der Waals surface area contributed by atoms with Crippen molar-refractivity contribution in [3.63, 3.8) is 0 Å². The summed E-state index contributed by atoms with van der Waals surface area (Å²) in [6, 6.07) is 12.2. The van der Waals surface area contributed by atoms with Crippen LogP contribution >= 0.6 is 11.3 Å². The highest BCUT2D eigenvalue weighted by molar-refractivity contribution is 7.07. The Morgan fingerprint density at radius 2 is 2.18 bits per heavy atom. The number of nitrogens with one attached hydrogen (secondary N) is 1. The second kappa shape index (κ2) is 7.42. The van der Waals surface area contributed by atoms with Gasteiger partial charge >= 0.3 is 6.03 Å². The number of hydrogen-bond acceptors (Lipinski definition) is 3. The number of rotatable bonds is 4. The maximum Gasteiger partial charge on any atom is 0.317 e. The van der Waals surface area contributed by atoms with Gasteiger partial charge in [-0.2, -0.15) is 11.3 Å². The van der Waals surface area contributed by atoms with Gasteiger partial charge in [-0.05, 0) is 34.4 Å². The second-order valence-corrected chi connectivity index (χ2v) is 6.11. The molecule has 1 N–H and O–H groups in total. The maximum absolute atomic E-state index is 12.3. The summed E-state index contributed by atoms with van der Waals surface area (Å²) in [5.41, 5.74) is 2.40. The zero-order valence-electron chi connectivity index (χ0n) is 12.4. The van der Waals surface area contributed by atoms with E-state index in [-0.39, 0.29) is 12.1 Å². The molecule has 3 rings (SSSR count). The molecule has 1 aliphatic rings. The SMILES string of the molecule is O=C(NCCc1ccsc1)N1CCOC(c2ccccc2)C1. The van der Waals surface area contributed by atoms with Gasteiger partial charge in [-0.25, -0.2) is 4.79 Å². The van der Waals surface area contributed by atoms with E-state index in [0.717, 1.165) is 12.0 Å². The van der Waals surface area contributed by atoms with Crippen LogP contribution in [0.1, 0.15) is 17.2 Å². The molecule has 0 radical (unpaired) electrons. The van der Waals surface area contributed by atoms with Crippen LogP contribution in [-0.2, 0) is 11.2 Å². The second-order valence-electron chi connectivity index (χ2n) is 5.33. The summed E-state index contributed by atoms with van der Waals surface area (Å²) in [7, 11) is 0. The Bertz CT molecular complexity index is 586. The van der Waals surface area contributed by atoms with Gasteiger partial charge in [0.1, 0.15) is 6.10 Å². The minimum atomic E-state index is -0.0300. The standard InChI is InChI=1S/C17H20N2O2S/c20-17(18-8-6-14-7-11-22-13-14)19-9-10-21-16(12-19)15-4-2-1-3-5-15/h1-5,7,11,13,16H,6,8-10,12H2,(H,18,20). The van der Waals surface area contributed by atoms with Crippen LogP contribution in [0.2, 0.25) is 0 Å². The first-order valence-corrected chi connectivity index (χ1v) is 8.47. The van der Waals surface area contributed by atoms with Gasteiger partial charge in [-0.3, -0.25) is 0 Å². The Kier molecular flexibility index (Phi) is 5.08. The molecule has 5 heteroatoms. The highest BCUT2D eigenvalue weighted by Crippen LogP contribution is 2.21. The highest BCUT2D eigenvalue weighted by atomic mass is 32.1. The smallest absolute Gasteiger partial charge is 0.317 e. The van der Waals surface area contributed by atoms with Crippen molar-refractivity contribution >= 4 is 17.4 Å². The predicted octanol–water partition coefficient (Wildman–Crippen LogP) is 3.07. The average molecular weight is 316 g/mol. The Morgan fingerprint density at radius 3 is 2.95 bits per heavy atom. The Morgan fingerprint density at radius 1 is 1.32 bits per heavy atom. The van der Waals surface area contributed by atoms with Gasteiger partial charge in [0, 0.05) is 13.1 Å². The summed E-state index contributed by atoms with van der Waals surface area (Å²) in [6.45, 7) is 2.50. The third kappa shape index (κ3) is 3.87. The number of ether oxygens (including phenoxy) is 1. The molecule has 2 heterocycles. The third-order valence-corrected chi connectivity index (χ3v) is 4.53. The Labute approximate surface area is 134 Å². The van der Waals surface area contributed by atoms with E-state index < -0.39 is 0 Å². The minimum Gasteiger partial charge on any atom is -0.370 e. The lowest BCUT2D eigenvalue weighted by Crippen LogP contribution is -2.47. The molecule has 1 saturated heterocycles. The van der Waals surface area contributed by atoms with Crippen LogP contribution in [0.5, 0.6) is 0 Å². The average Bonchev–Trinajstić information content (AvgIpc) is 3.09. The van der Waals surface area contributed by atoms with Gasteiger partial charge in [0.15, 0.2) is 0 Å². The summed E-state index contributed by atoms with van der Waals surface area (Å²) >= 11 is 1.68. The highest BCUT2D eigenvalue weighted by Gasteiger charge is 2.24. The van der Waals surface area contributed by atoms with Crippen molar-refractivity contribution < 1.29 is 9.53 Å². The van der Waals surface area contributed by atoms with E-state index in [9.17, 15) is 4.79 Å². The summed E-state index contributed by atoms with van der Waals surface area (Å²) in [5.74, 6) is 0. The lowest BCUT2D eigenvalue weighted by molar-refractivity contribution is -0.0153. The molecule has 1 aliphatic heterocycles. The molecule has 0 spiro atoms. The van der Waals surface area contributed by atoms with Gasteiger partial charge in [0.2, 0.25) is 0 Å². The van der Waals surface area contributed by atoms with Crippen molar-refractivity contribution in [1.82, 2.24) is 10.2 Å². The normalized spacial score (nSPS) is 18.2. The molecule has 116 valence electrons. The van der Waals surface area contributed by atoms with Crippen molar-refractivity contribution in [2.24, 2.45) is 0 Å². The molecule has 1 aromatic heterocycles. The monoisotopic (exact) mass is 316 g/mol. The molecule has 1 aromatic carbocycles. The van der Waals surface area contributed by atoms with Crippen molar-refractivity contribution in [3.05, 3.63) is 58.3 Å². The van der Waals surface area contributed by atoms with Gasteiger partial charge in [-0.1, -0.05) is 30.3 Å². The van der Waals surface area contributed by atoms with Crippen molar-refractivity contribution in [1.29, 1.82) is 0 Å². The fourth-order valence-corrected chi connectivity index (χ4v) is 3.27. The zero-order chi connectivity index (χ0) is 15.2. The summed E-state index contributed by atoms with van der Waals surface area (Å²) in [5, 5.41) is 7.18. The van der Waals surface area contributed by atoms with Gasteiger partial charge in [-0.15, -0.1) is 0 Å². The van der Waals surface area contributed by atoms with Gasteiger partial charge < -0.3 is 15.0 Å². The number of hydrogen-bond donors (Lipinski definition) is 1. The largest absolute Gasteiger partial charge is 0.370 e. The van der Waals surface area contributed by atoms with Crippen LogP contribution in [0.4, 0.5) is 4.79 Å². The number of morpholine rings is 1. The molecule has 2 amide bonds. The van der Waals surface area contributed by atoms with Crippen molar-refractivity contribution in [2.75, 3.05) is 26.2 Å². The molecule has 22 heavy (non-hydrogen) atoms. The summed E-state index contributed by atoms with van der Waals surface area (Å²) in [4.78, 5) is 14.1. The third-order valence-electron chi connectivity index (χ3n) is 3.80. The van der Waals surface area contributed by atoms with E-state index in [1.807, 2.05) is 35.2 Å². The number of carbonyl (C=O) groups excluding carboxylic acids is 1. The molecule has 4 nitrogen and oxygen atoms in total. The number of urea groups is 1. The predicted molar refractivity (Wildman–Crippen MR) is 88.1 cm³/mol. The Hall–Kier alpha value is -1.85. The quantitative estimate of drug-likeness (QED) is 0.942. The number of amides is 2. The van der Waals surface area contributed by atoms with E-state index in [1.54, 1.807) is 11.3 Å². The topological polar surface area (TPSA) is 41.6 Å². The van der Waals surface area contributed by atoms with Crippen molar-refractivity contribution in [3.8, 4) is 0 Å². The lowest BCUT2D eigenvalue weighted by atomic mass is 10.1. The van der Waals surface area contributed by atoms with Gasteiger partial charge in [0.25, 0.3) is 0 Å². The first-order chi connectivity index (χ1) is 10.8. The van der Waals surface area contributed by atoms with Crippen LogP contribution in [0, 0.1) is 0 Å². The minimum absolute atomic E-state index is 0.000499. The van der Waals surface area contributed by atoms with Crippen LogP contribution in [0.3, 0.4) is 0 Å². The molecule has 0 bridgehead atoms. The molecule has 0 saturated carbocycles. The summed E-state index contributed by atoms with van der Waals surface area (Å²) < 4.78 is 5.79. The van der Waals surface area contributed by atoms with E-state index >= 15 is 0 Å². The molecule has 1 unspecified atom stereocenters. The van der Waals surface area contributed by atoms with E-state index in [4.69, 9.17) is 4.74 Å². The molecule has 1 fully saturated rings. The first-order valence-electron chi connectivity index (χ1n) is 7.53. The Balaban J connectivity index is 1.49. The van der Waals surface area contributed by atoms with Crippen LogP contribution < -0.4 is 5.32 Å². The fourth-order valence-electron chi connectivity index (χ4n) is 2.56. The molecule has 1 atom stereocenters. The lowest BCUT2D eigenvalue weighted by Gasteiger charge is -2.33. The summed E-state index contributed by atoms with van der Waals surface area (Å²) in [6.07, 6.45) is 0.847. The molecule has 0 aliphatic carbocycles. The van der Waals surface area contributed by atoms with Crippen molar-refractivity contribution in [2.45, 2.75) is 12.5 Å².